The third-order valence-electron chi connectivity index (χ3n) is 0.455. The Hall–Kier alpha value is 0.0987. The Morgan fingerprint density at radius 1 is 0.909 bits per heavy atom. The summed E-state index contributed by atoms with van der Waals surface area (Å²) >= 11 is -3.33. The summed E-state index contributed by atoms with van der Waals surface area (Å²) in [5, 5.41) is 0. The minimum atomic E-state index is -3.00. The van der Waals surface area contributed by atoms with Crippen LogP contribution < -0.4 is 0 Å². The van der Waals surface area contributed by atoms with Gasteiger partial charge in [0.1, 0.15) is 0 Å². The molecule has 0 bridgehead atoms. The second-order valence-corrected chi connectivity index (χ2v) is 5.12. The van der Waals surface area contributed by atoms with E-state index < -0.39 is 49.3 Å². The van der Waals surface area contributed by atoms with E-state index >= 15 is 0 Å². The van der Waals surface area contributed by atoms with Crippen LogP contribution in [0.5, 0.6) is 0 Å². The van der Waals surface area contributed by atoms with Gasteiger partial charge in [0, 0.05) is 0 Å². The van der Waals surface area contributed by atoms with E-state index in [4.69, 9.17) is 0 Å². The maximum atomic E-state index is 10.3. The van der Waals surface area contributed by atoms with Crippen LogP contribution >= 0.6 is 0 Å². The summed E-state index contributed by atoms with van der Waals surface area (Å²) in [7, 11) is -6.01. The summed E-state index contributed by atoms with van der Waals surface area (Å²) < 4.78 is 52.0. The van der Waals surface area contributed by atoms with Crippen LogP contribution in [-0.2, 0) is 27.6 Å². The average molecular weight is 222 g/mol. The molecule has 0 saturated heterocycles. The molecule has 0 aliphatic heterocycles. The summed E-state index contributed by atoms with van der Waals surface area (Å²) in [4.78, 5) is 0. The van der Waals surface area contributed by atoms with Gasteiger partial charge in [-0.05, 0) is 0 Å². The van der Waals surface area contributed by atoms with E-state index in [1.165, 1.54) is 0 Å². The van der Waals surface area contributed by atoms with E-state index in [-0.39, 0.29) is 0 Å². The third-order valence-corrected chi connectivity index (χ3v) is 4.10. The molecule has 0 amide bonds. The standard InChI is InChI=1S/2Al.O5Si2.2O/c;;1-6(2)5-7(3)4;;/q2*+1;-2;;. The number of hydrogen-bond donors (Lipinski definition) is 0. The molecule has 56 valence electrons. The van der Waals surface area contributed by atoms with Crippen molar-refractivity contribution in [1.82, 2.24) is 0 Å². The van der Waals surface area contributed by atoms with Gasteiger partial charge in [-0.1, -0.05) is 0 Å². The Kier molecular flexibility index (Phi) is 6.85. The van der Waals surface area contributed by atoms with Crippen LogP contribution in [0.25, 0.3) is 0 Å². The first-order chi connectivity index (χ1) is 5.20. The summed E-state index contributed by atoms with van der Waals surface area (Å²) in [6.45, 7) is 0. The van der Waals surface area contributed by atoms with Gasteiger partial charge in [0.15, 0.2) is 0 Å². The van der Waals surface area contributed by atoms with Gasteiger partial charge in [-0.3, -0.25) is 0 Å². The van der Waals surface area contributed by atoms with Crippen molar-refractivity contribution in [2.75, 3.05) is 0 Å². The van der Waals surface area contributed by atoms with Gasteiger partial charge in [-0.15, -0.1) is 0 Å². The van der Waals surface area contributed by atoms with E-state index in [9.17, 15) is 16.5 Å². The first-order valence-electron chi connectivity index (χ1n) is 2.17. The molecule has 0 aromatic rings. The monoisotopic (exact) mass is 222 g/mol. The molecule has 0 unspecified atom stereocenters. The van der Waals surface area contributed by atoms with Crippen molar-refractivity contribution in [2.45, 2.75) is 0 Å². The summed E-state index contributed by atoms with van der Waals surface area (Å²) in [5.41, 5.74) is 0. The van der Waals surface area contributed by atoms with E-state index in [0.717, 1.165) is 0 Å². The SMILES string of the molecule is [O]=[Al][O][Si](=O)O[Si](=O)[O][Al]=[O]. The van der Waals surface area contributed by atoms with Gasteiger partial charge in [0.05, 0.1) is 0 Å². The van der Waals surface area contributed by atoms with Crippen LogP contribution in [0.4, 0.5) is 0 Å². The van der Waals surface area contributed by atoms with Gasteiger partial charge in [-0.2, -0.15) is 0 Å². The fraction of sp³-hybridized carbons (Fsp3) is 0. The zero-order chi connectivity index (χ0) is 8.69. The van der Waals surface area contributed by atoms with Crippen molar-refractivity contribution in [3.05, 3.63) is 0 Å². The van der Waals surface area contributed by atoms with Crippen molar-refractivity contribution >= 4 is 49.3 Å². The van der Waals surface area contributed by atoms with Crippen LogP contribution in [0.1, 0.15) is 0 Å². The van der Waals surface area contributed by atoms with Crippen LogP contribution in [0, 0.1) is 0 Å². The van der Waals surface area contributed by atoms with Crippen LogP contribution in [0.15, 0.2) is 0 Å². The molecule has 0 heterocycles. The van der Waals surface area contributed by atoms with Gasteiger partial charge in [-0.25, -0.2) is 0 Å². The van der Waals surface area contributed by atoms with E-state index in [1.54, 1.807) is 0 Å². The molecule has 0 radical (unpaired) electrons. The maximum absolute atomic E-state index is 10.3. The molecule has 11 heavy (non-hydrogen) atoms. The molecule has 0 rings (SSSR count). The topological polar surface area (TPSA) is 96.0 Å². The molecule has 7 nitrogen and oxygen atoms in total. The summed E-state index contributed by atoms with van der Waals surface area (Å²) in [5.74, 6) is 0. The molecule has 0 N–H and O–H groups in total. The van der Waals surface area contributed by atoms with Crippen molar-refractivity contribution in [2.24, 2.45) is 0 Å². The molecule has 11 heteroatoms. The van der Waals surface area contributed by atoms with Crippen molar-refractivity contribution in [3.63, 3.8) is 0 Å². The Balaban J connectivity index is 3.65. The second-order valence-electron chi connectivity index (χ2n) is 1.03. The zero-order valence-corrected chi connectivity index (χ0v) is 9.32. The molecule has 0 aliphatic carbocycles. The Morgan fingerprint density at radius 3 is 1.55 bits per heavy atom. The van der Waals surface area contributed by atoms with E-state index in [1.807, 2.05) is 0 Å². The molecule has 0 atom stereocenters. The third kappa shape index (κ3) is 6.49. The van der Waals surface area contributed by atoms with E-state index in [2.05, 4.69) is 11.1 Å². The Bertz CT molecular complexity index is 167. The normalized spacial score (nSPS) is 6.91. The van der Waals surface area contributed by atoms with Crippen LogP contribution in [0.3, 0.4) is 0 Å². The van der Waals surface area contributed by atoms with Gasteiger partial charge in [0.2, 0.25) is 0 Å². The first kappa shape index (κ1) is 11.1. The molecule has 0 fully saturated rings. The fourth-order valence-electron chi connectivity index (χ4n) is 0.195. The first-order valence-corrected chi connectivity index (χ1v) is 6.50. The number of hydrogen-bond acceptors (Lipinski definition) is 7. The predicted molar refractivity (Wildman–Crippen MR) is 29.0 cm³/mol. The molecule has 0 spiro atoms. The molecule has 0 aromatic heterocycles. The average Bonchev–Trinajstić information content (AvgIpc) is 1.87. The van der Waals surface area contributed by atoms with Gasteiger partial charge >= 0.3 is 76.9 Å². The van der Waals surface area contributed by atoms with Gasteiger partial charge in [0.25, 0.3) is 0 Å². The van der Waals surface area contributed by atoms with Crippen molar-refractivity contribution < 1.29 is 27.6 Å². The van der Waals surface area contributed by atoms with E-state index in [0.29, 0.717) is 0 Å². The Morgan fingerprint density at radius 2 is 1.27 bits per heavy atom. The molecular formula is Al2O7Si2. The van der Waals surface area contributed by atoms with Gasteiger partial charge < -0.3 is 0 Å². The van der Waals surface area contributed by atoms with Crippen molar-refractivity contribution in [3.8, 4) is 0 Å². The van der Waals surface area contributed by atoms with Crippen LogP contribution in [-0.4, -0.2) is 49.3 Å². The summed E-state index contributed by atoms with van der Waals surface area (Å²) in [6.07, 6.45) is 0. The fourth-order valence-corrected chi connectivity index (χ4v) is 2.62. The Labute approximate surface area is 77.0 Å². The minimum absolute atomic E-state index is 1.67. The zero-order valence-electron chi connectivity index (χ0n) is 5.01. The van der Waals surface area contributed by atoms with Crippen molar-refractivity contribution in [1.29, 1.82) is 0 Å². The number of rotatable bonds is 6. The second kappa shape index (κ2) is 6.79. The summed E-state index contributed by atoms with van der Waals surface area (Å²) in [6, 6.07) is 0. The molecule has 0 saturated carbocycles. The quantitative estimate of drug-likeness (QED) is 0.470. The molecular weight excluding hydrogens is 222 g/mol. The van der Waals surface area contributed by atoms with Crippen LogP contribution in [0.2, 0.25) is 0 Å². The molecule has 0 aliphatic rings. The predicted octanol–water partition coefficient (Wildman–Crippen LogP) is -2.20. The molecule has 0 aromatic carbocycles.